The molecule has 1 unspecified atom stereocenters. The molecule has 0 saturated carbocycles. The molecule has 1 aromatic carbocycles. The van der Waals surface area contributed by atoms with Crippen molar-refractivity contribution in [3.05, 3.63) is 23.8 Å². The van der Waals surface area contributed by atoms with Gasteiger partial charge in [-0.2, -0.15) is 0 Å². The lowest BCUT2D eigenvalue weighted by molar-refractivity contribution is -0.142. The molecule has 1 N–H and O–H groups in total. The summed E-state index contributed by atoms with van der Waals surface area (Å²) in [6.07, 6.45) is 0. The third-order valence-corrected chi connectivity index (χ3v) is 3.12. The van der Waals surface area contributed by atoms with E-state index in [1.807, 2.05) is 25.1 Å². The van der Waals surface area contributed by atoms with Gasteiger partial charge in [0.15, 0.2) is 11.5 Å². The topological polar surface area (TPSA) is 56.8 Å². The van der Waals surface area contributed by atoms with Gasteiger partial charge in [-0.3, -0.25) is 10.1 Å². The number of carbonyl (C=O) groups is 1. The van der Waals surface area contributed by atoms with E-state index in [-0.39, 0.29) is 18.1 Å². The Hall–Kier alpha value is -1.75. The summed E-state index contributed by atoms with van der Waals surface area (Å²) in [6.45, 7) is 4.92. The summed E-state index contributed by atoms with van der Waals surface area (Å²) >= 11 is 0. The Morgan fingerprint density at radius 3 is 2.63 bits per heavy atom. The summed E-state index contributed by atoms with van der Waals surface area (Å²) in [5.41, 5.74) is 1.04. The van der Waals surface area contributed by atoms with Crippen LogP contribution in [0.4, 0.5) is 0 Å². The minimum Gasteiger partial charge on any atom is -0.486 e. The third kappa shape index (κ3) is 3.17. The van der Waals surface area contributed by atoms with Gasteiger partial charge in [-0.25, -0.2) is 0 Å². The molecule has 0 bridgehead atoms. The van der Waals surface area contributed by atoms with Crippen molar-refractivity contribution < 1.29 is 19.0 Å². The van der Waals surface area contributed by atoms with Gasteiger partial charge in [-0.05, 0) is 31.5 Å². The van der Waals surface area contributed by atoms with Gasteiger partial charge in [0.2, 0.25) is 0 Å². The summed E-state index contributed by atoms with van der Waals surface area (Å²) in [4.78, 5) is 11.4. The van der Waals surface area contributed by atoms with E-state index in [9.17, 15) is 4.79 Å². The fraction of sp³-hybridized carbons (Fsp3) is 0.500. The average molecular weight is 265 g/mol. The van der Waals surface area contributed by atoms with Crippen LogP contribution in [0.2, 0.25) is 0 Å². The number of nitrogens with one attached hydrogen (secondary N) is 1. The Balaban J connectivity index is 2.07. The van der Waals surface area contributed by atoms with Gasteiger partial charge in [-0.1, -0.05) is 6.07 Å². The van der Waals surface area contributed by atoms with E-state index in [4.69, 9.17) is 14.2 Å². The quantitative estimate of drug-likeness (QED) is 0.839. The number of esters is 1. The van der Waals surface area contributed by atoms with Crippen LogP contribution in [0.3, 0.4) is 0 Å². The van der Waals surface area contributed by atoms with Crippen molar-refractivity contribution in [2.45, 2.75) is 25.9 Å². The fourth-order valence-corrected chi connectivity index (χ4v) is 2.05. The molecule has 0 aliphatic carbocycles. The van der Waals surface area contributed by atoms with Crippen LogP contribution >= 0.6 is 0 Å². The summed E-state index contributed by atoms with van der Waals surface area (Å²) in [5.74, 6) is 1.25. The van der Waals surface area contributed by atoms with Gasteiger partial charge in [-0.15, -0.1) is 0 Å². The standard InChI is InChI=1S/C14H19NO4/c1-9(15-10(2)14(16)17-3)11-4-5-12-13(8-11)19-7-6-18-12/h4-5,8-10,15H,6-7H2,1-3H3/t9?,10-/m0/s1. The van der Waals surface area contributed by atoms with Crippen molar-refractivity contribution >= 4 is 5.97 Å². The van der Waals surface area contributed by atoms with Gasteiger partial charge < -0.3 is 14.2 Å². The molecule has 0 saturated heterocycles. The molecule has 19 heavy (non-hydrogen) atoms. The number of hydrogen-bond donors (Lipinski definition) is 1. The minimum absolute atomic E-state index is 0.0185. The van der Waals surface area contributed by atoms with E-state index in [0.717, 1.165) is 17.1 Å². The van der Waals surface area contributed by atoms with Crippen LogP contribution in [0.1, 0.15) is 25.5 Å². The highest BCUT2D eigenvalue weighted by atomic mass is 16.6. The molecule has 1 aliphatic rings. The second-order valence-corrected chi connectivity index (χ2v) is 4.54. The van der Waals surface area contributed by atoms with Crippen LogP contribution < -0.4 is 14.8 Å². The number of ether oxygens (including phenoxy) is 3. The lowest BCUT2D eigenvalue weighted by Crippen LogP contribution is -2.36. The molecule has 1 aromatic rings. The molecule has 0 fully saturated rings. The van der Waals surface area contributed by atoms with Crippen molar-refractivity contribution in [1.29, 1.82) is 0 Å². The molecule has 1 heterocycles. The zero-order chi connectivity index (χ0) is 13.8. The smallest absolute Gasteiger partial charge is 0.322 e. The van der Waals surface area contributed by atoms with Crippen molar-refractivity contribution in [1.82, 2.24) is 5.32 Å². The summed E-state index contributed by atoms with van der Waals surface area (Å²) in [5, 5.41) is 3.18. The largest absolute Gasteiger partial charge is 0.486 e. The van der Waals surface area contributed by atoms with E-state index >= 15 is 0 Å². The molecule has 0 aromatic heterocycles. The predicted octanol–water partition coefficient (Wildman–Crippen LogP) is 1.67. The Bertz CT molecular complexity index is 461. The highest BCUT2D eigenvalue weighted by Crippen LogP contribution is 2.32. The Morgan fingerprint density at radius 1 is 1.26 bits per heavy atom. The van der Waals surface area contributed by atoms with Crippen LogP contribution in [-0.2, 0) is 9.53 Å². The molecule has 0 amide bonds. The maximum atomic E-state index is 11.4. The Morgan fingerprint density at radius 2 is 1.95 bits per heavy atom. The summed E-state index contributed by atoms with van der Waals surface area (Å²) in [7, 11) is 1.38. The lowest BCUT2D eigenvalue weighted by Gasteiger charge is -2.22. The minimum atomic E-state index is -0.354. The highest BCUT2D eigenvalue weighted by molar-refractivity contribution is 5.75. The third-order valence-electron chi connectivity index (χ3n) is 3.12. The maximum absolute atomic E-state index is 11.4. The molecule has 2 rings (SSSR count). The van der Waals surface area contributed by atoms with Crippen LogP contribution in [0.25, 0.3) is 0 Å². The normalized spacial score (nSPS) is 16.6. The fourth-order valence-electron chi connectivity index (χ4n) is 2.05. The van der Waals surface area contributed by atoms with Crippen LogP contribution in [0.15, 0.2) is 18.2 Å². The molecular weight excluding hydrogens is 246 g/mol. The number of rotatable bonds is 4. The summed E-state index contributed by atoms with van der Waals surface area (Å²) < 4.78 is 15.7. The lowest BCUT2D eigenvalue weighted by atomic mass is 10.1. The van der Waals surface area contributed by atoms with E-state index in [1.165, 1.54) is 7.11 Å². The van der Waals surface area contributed by atoms with E-state index in [2.05, 4.69) is 5.32 Å². The maximum Gasteiger partial charge on any atom is 0.322 e. The molecule has 5 nitrogen and oxygen atoms in total. The van der Waals surface area contributed by atoms with Gasteiger partial charge in [0, 0.05) is 6.04 Å². The average Bonchev–Trinajstić information content (AvgIpc) is 2.45. The number of methoxy groups -OCH3 is 1. The predicted molar refractivity (Wildman–Crippen MR) is 70.5 cm³/mol. The zero-order valence-corrected chi connectivity index (χ0v) is 11.4. The van der Waals surface area contributed by atoms with Gasteiger partial charge in [0.05, 0.1) is 7.11 Å². The van der Waals surface area contributed by atoms with Crippen LogP contribution in [-0.4, -0.2) is 32.3 Å². The molecular formula is C14H19NO4. The van der Waals surface area contributed by atoms with Crippen molar-refractivity contribution in [2.75, 3.05) is 20.3 Å². The molecule has 2 atom stereocenters. The van der Waals surface area contributed by atoms with Gasteiger partial charge in [0.1, 0.15) is 19.3 Å². The first kappa shape index (κ1) is 13.7. The molecule has 0 radical (unpaired) electrons. The monoisotopic (exact) mass is 265 g/mol. The summed E-state index contributed by atoms with van der Waals surface area (Å²) in [6, 6.07) is 5.47. The highest BCUT2D eigenvalue weighted by Gasteiger charge is 2.18. The van der Waals surface area contributed by atoms with Gasteiger partial charge in [0.25, 0.3) is 0 Å². The first-order valence-corrected chi connectivity index (χ1v) is 6.35. The second-order valence-electron chi connectivity index (χ2n) is 4.54. The number of benzene rings is 1. The second kappa shape index (κ2) is 5.93. The number of hydrogen-bond acceptors (Lipinski definition) is 5. The number of carbonyl (C=O) groups excluding carboxylic acids is 1. The van der Waals surface area contributed by atoms with Crippen molar-refractivity contribution in [3.8, 4) is 11.5 Å². The van der Waals surface area contributed by atoms with Crippen LogP contribution in [0.5, 0.6) is 11.5 Å². The molecule has 0 spiro atoms. The Labute approximate surface area is 112 Å². The van der Waals surface area contributed by atoms with E-state index < -0.39 is 0 Å². The van der Waals surface area contributed by atoms with Crippen LogP contribution in [0, 0.1) is 0 Å². The van der Waals surface area contributed by atoms with Crippen molar-refractivity contribution in [3.63, 3.8) is 0 Å². The van der Waals surface area contributed by atoms with Gasteiger partial charge >= 0.3 is 5.97 Å². The molecule has 5 heteroatoms. The molecule has 1 aliphatic heterocycles. The first-order valence-electron chi connectivity index (χ1n) is 6.35. The first-order chi connectivity index (χ1) is 9.11. The van der Waals surface area contributed by atoms with Crippen molar-refractivity contribution in [2.24, 2.45) is 0 Å². The SMILES string of the molecule is COC(=O)[C@H](C)NC(C)c1ccc2c(c1)OCCO2. The zero-order valence-electron chi connectivity index (χ0n) is 11.4. The van der Waals surface area contributed by atoms with E-state index in [0.29, 0.717) is 13.2 Å². The molecule has 104 valence electrons. The van der Waals surface area contributed by atoms with E-state index in [1.54, 1.807) is 6.92 Å². The Kier molecular flexibility index (Phi) is 4.27. The number of fused-ring (bicyclic) bond motifs is 1.